The van der Waals surface area contributed by atoms with Crippen molar-refractivity contribution in [3.05, 3.63) is 53.2 Å². The lowest BCUT2D eigenvalue weighted by molar-refractivity contribution is 0.0758. The van der Waals surface area contributed by atoms with Crippen LogP contribution in [0.15, 0.2) is 42.6 Å². The summed E-state index contributed by atoms with van der Waals surface area (Å²) in [6.07, 6.45) is 3.32. The topological polar surface area (TPSA) is 105 Å². The van der Waals surface area contributed by atoms with Crippen LogP contribution in [0.25, 0.3) is 10.9 Å². The molecule has 160 valence electrons. The molecule has 0 unspecified atom stereocenters. The van der Waals surface area contributed by atoms with Crippen molar-refractivity contribution >= 4 is 28.2 Å². The van der Waals surface area contributed by atoms with Crippen LogP contribution in [0.2, 0.25) is 5.02 Å². The lowest BCUT2D eigenvalue weighted by Gasteiger charge is -2.20. The number of aromatic nitrogens is 1. The Balaban J connectivity index is 1.54. The van der Waals surface area contributed by atoms with Gasteiger partial charge >= 0.3 is 0 Å². The first-order valence-electron chi connectivity index (χ1n) is 10.1. The van der Waals surface area contributed by atoms with Crippen LogP contribution in [0.4, 0.5) is 5.69 Å². The largest absolute Gasteiger partial charge is 0.489 e. The lowest BCUT2D eigenvalue weighted by atomic mass is 10.1. The SMILES string of the molecule is N#Cc1cc2c(Oc3ccc(N)c(Cl)c3)ccnc2cc1OC[C@H](O)CN1CCCC1. The summed E-state index contributed by atoms with van der Waals surface area (Å²) in [6, 6.07) is 12.3. The Morgan fingerprint density at radius 2 is 2.00 bits per heavy atom. The van der Waals surface area contributed by atoms with Crippen LogP contribution in [0.1, 0.15) is 18.4 Å². The van der Waals surface area contributed by atoms with E-state index >= 15 is 0 Å². The number of rotatable bonds is 7. The number of nitrogens with zero attached hydrogens (tertiary/aromatic N) is 3. The summed E-state index contributed by atoms with van der Waals surface area (Å²) in [5, 5.41) is 21.0. The summed E-state index contributed by atoms with van der Waals surface area (Å²) in [4.78, 5) is 6.59. The number of ether oxygens (including phenoxy) is 2. The van der Waals surface area contributed by atoms with Crippen LogP contribution in [0.3, 0.4) is 0 Å². The maximum Gasteiger partial charge on any atom is 0.139 e. The third kappa shape index (κ3) is 5.00. The number of pyridine rings is 1. The van der Waals surface area contributed by atoms with E-state index in [1.165, 1.54) is 0 Å². The number of aliphatic hydroxyl groups is 1. The maximum absolute atomic E-state index is 10.3. The molecule has 0 amide bonds. The zero-order valence-electron chi connectivity index (χ0n) is 16.9. The van der Waals surface area contributed by atoms with Crippen LogP contribution in [0.5, 0.6) is 17.2 Å². The third-order valence-corrected chi connectivity index (χ3v) is 5.55. The quantitative estimate of drug-likeness (QED) is 0.537. The zero-order valence-corrected chi connectivity index (χ0v) is 17.7. The number of hydrogen-bond donors (Lipinski definition) is 2. The first kappa shape index (κ1) is 21.2. The summed E-state index contributed by atoms with van der Waals surface area (Å²) >= 11 is 6.08. The molecule has 3 N–H and O–H groups in total. The number of β-amino-alcohol motifs (C(OH)–C–C–N with tert-alkyl or cyclic N) is 1. The highest BCUT2D eigenvalue weighted by atomic mass is 35.5. The number of nitrogens with two attached hydrogens (primary N) is 1. The van der Waals surface area contributed by atoms with Gasteiger partial charge in [-0.25, -0.2) is 0 Å². The first-order chi connectivity index (χ1) is 15.0. The van der Waals surface area contributed by atoms with E-state index in [9.17, 15) is 10.4 Å². The van der Waals surface area contributed by atoms with Gasteiger partial charge in [-0.15, -0.1) is 0 Å². The normalized spacial score (nSPS) is 15.0. The molecule has 3 aromatic rings. The molecule has 1 saturated heterocycles. The van der Waals surface area contributed by atoms with Crippen molar-refractivity contribution in [2.45, 2.75) is 18.9 Å². The van der Waals surface area contributed by atoms with Gasteiger partial charge in [0.05, 0.1) is 21.8 Å². The molecule has 2 aromatic carbocycles. The number of fused-ring (bicyclic) bond motifs is 1. The minimum atomic E-state index is -0.627. The highest BCUT2D eigenvalue weighted by Crippen LogP contribution is 2.34. The molecular formula is C23H23ClN4O3. The van der Waals surface area contributed by atoms with Gasteiger partial charge in [-0.05, 0) is 50.2 Å². The third-order valence-electron chi connectivity index (χ3n) is 5.22. The van der Waals surface area contributed by atoms with E-state index < -0.39 is 6.10 Å². The monoisotopic (exact) mass is 438 g/mol. The van der Waals surface area contributed by atoms with E-state index in [-0.39, 0.29) is 6.61 Å². The molecule has 2 heterocycles. The second kappa shape index (κ2) is 9.40. The van der Waals surface area contributed by atoms with Crippen LogP contribution in [0, 0.1) is 11.3 Å². The van der Waals surface area contributed by atoms with Crippen molar-refractivity contribution < 1.29 is 14.6 Å². The molecule has 1 aliphatic rings. The summed E-state index contributed by atoms with van der Waals surface area (Å²) in [6.45, 7) is 2.68. The predicted molar refractivity (Wildman–Crippen MR) is 120 cm³/mol. The maximum atomic E-state index is 10.3. The molecule has 0 spiro atoms. The molecule has 8 heteroatoms. The van der Waals surface area contributed by atoms with Crippen LogP contribution < -0.4 is 15.2 Å². The van der Waals surface area contributed by atoms with Gasteiger partial charge in [-0.2, -0.15) is 5.26 Å². The number of hydrogen-bond acceptors (Lipinski definition) is 7. The molecule has 1 fully saturated rings. The molecule has 4 rings (SSSR count). The Morgan fingerprint density at radius 3 is 2.74 bits per heavy atom. The van der Waals surface area contributed by atoms with Gasteiger partial charge in [0.25, 0.3) is 0 Å². The standard InChI is InChI=1S/C23H23ClN4O3/c24-19-10-17(3-4-20(19)26)31-22-5-6-27-21-11-23(15(12-25)9-18(21)22)30-14-16(29)13-28-7-1-2-8-28/h3-6,9-11,16,29H,1-2,7-8,13-14,26H2/t16-/m1/s1. The highest BCUT2D eigenvalue weighted by molar-refractivity contribution is 6.33. The molecule has 31 heavy (non-hydrogen) atoms. The average molecular weight is 439 g/mol. The molecular weight excluding hydrogens is 416 g/mol. The Labute approximate surface area is 185 Å². The zero-order chi connectivity index (χ0) is 21.8. The van der Waals surface area contributed by atoms with Crippen molar-refractivity contribution in [1.82, 2.24) is 9.88 Å². The predicted octanol–water partition coefficient (Wildman–Crippen LogP) is 3.97. The Morgan fingerprint density at radius 1 is 1.19 bits per heavy atom. The van der Waals surface area contributed by atoms with Crippen molar-refractivity contribution in [2.24, 2.45) is 0 Å². The van der Waals surface area contributed by atoms with Gasteiger partial charge in [0.2, 0.25) is 0 Å². The fourth-order valence-corrected chi connectivity index (χ4v) is 3.81. The minimum Gasteiger partial charge on any atom is -0.489 e. The molecule has 0 radical (unpaired) electrons. The number of halogens is 1. The van der Waals surface area contributed by atoms with Crippen molar-refractivity contribution in [3.63, 3.8) is 0 Å². The smallest absolute Gasteiger partial charge is 0.139 e. The van der Waals surface area contributed by atoms with Crippen LogP contribution >= 0.6 is 11.6 Å². The molecule has 0 bridgehead atoms. The van der Waals surface area contributed by atoms with Gasteiger partial charge in [0, 0.05) is 30.3 Å². The fourth-order valence-electron chi connectivity index (χ4n) is 3.64. The molecule has 7 nitrogen and oxygen atoms in total. The Bertz CT molecular complexity index is 1130. The summed E-state index contributed by atoms with van der Waals surface area (Å²) in [7, 11) is 0. The van der Waals surface area contributed by atoms with E-state index in [0.717, 1.165) is 25.9 Å². The van der Waals surface area contributed by atoms with Gasteiger partial charge in [0.15, 0.2) is 0 Å². The second-order valence-electron chi connectivity index (χ2n) is 7.54. The average Bonchev–Trinajstić information content (AvgIpc) is 3.27. The summed E-state index contributed by atoms with van der Waals surface area (Å²) in [5.74, 6) is 1.44. The fraction of sp³-hybridized carbons (Fsp3) is 0.304. The molecule has 1 aliphatic heterocycles. The van der Waals surface area contributed by atoms with Crippen LogP contribution in [-0.4, -0.2) is 47.3 Å². The van der Waals surface area contributed by atoms with Gasteiger partial charge in [0.1, 0.15) is 36.0 Å². The van der Waals surface area contributed by atoms with E-state index in [1.807, 2.05) is 0 Å². The Kier molecular flexibility index (Phi) is 6.42. The Hall–Kier alpha value is -3.05. The number of nitriles is 1. The molecule has 1 aromatic heterocycles. The number of anilines is 1. The number of likely N-dealkylation sites (tertiary alicyclic amines) is 1. The summed E-state index contributed by atoms with van der Waals surface area (Å²) in [5.41, 5.74) is 7.18. The number of nitrogen functional groups attached to an aromatic ring is 1. The van der Waals surface area contributed by atoms with E-state index in [4.69, 9.17) is 26.8 Å². The second-order valence-corrected chi connectivity index (χ2v) is 7.95. The minimum absolute atomic E-state index is 0.108. The van der Waals surface area contributed by atoms with Crippen LogP contribution in [-0.2, 0) is 0 Å². The number of aliphatic hydroxyl groups excluding tert-OH is 1. The molecule has 0 saturated carbocycles. The van der Waals surface area contributed by atoms with E-state index in [2.05, 4.69) is 16.0 Å². The molecule has 0 aliphatic carbocycles. The van der Waals surface area contributed by atoms with Crippen molar-refractivity contribution in [2.75, 3.05) is 32.0 Å². The van der Waals surface area contributed by atoms with Gasteiger partial charge in [-0.1, -0.05) is 11.6 Å². The highest BCUT2D eigenvalue weighted by Gasteiger charge is 2.17. The first-order valence-corrected chi connectivity index (χ1v) is 10.5. The summed E-state index contributed by atoms with van der Waals surface area (Å²) < 4.78 is 11.7. The van der Waals surface area contributed by atoms with E-state index in [1.54, 1.807) is 42.6 Å². The van der Waals surface area contributed by atoms with Gasteiger partial charge < -0.3 is 25.2 Å². The number of benzene rings is 2. The van der Waals surface area contributed by atoms with E-state index in [0.29, 0.717) is 51.0 Å². The van der Waals surface area contributed by atoms with Crippen molar-refractivity contribution in [1.29, 1.82) is 5.26 Å². The lowest BCUT2D eigenvalue weighted by Crippen LogP contribution is -2.33. The molecule has 1 atom stereocenters. The van der Waals surface area contributed by atoms with Crippen molar-refractivity contribution in [3.8, 4) is 23.3 Å². The van der Waals surface area contributed by atoms with Gasteiger partial charge in [-0.3, -0.25) is 4.98 Å².